The van der Waals surface area contributed by atoms with Gasteiger partial charge >= 0.3 is 0 Å². The maximum atomic E-state index is 12.3. The first-order valence-electron chi connectivity index (χ1n) is 7.34. The van der Waals surface area contributed by atoms with Crippen molar-refractivity contribution in [3.8, 4) is 0 Å². The van der Waals surface area contributed by atoms with Gasteiger partial charge in [0.15, 0.2) is 0 Å². The van der Waals surface area contributed by atoms with Crippen molar-refractivity contribution in [2.45, 2.75) is 38.6 Å². The molecule has 1 amide bonds. The summed E-state index contributed by atoms with van der Waals surface area (Å²) in [7, 11) is 0. The Kier molecular flexibility index (Phi) is 5.61. The summed E-state index contributed by atoms with van der Waals surface area (Å²) in [6, 6.07) is 8.34. The van der Waals surface area contributed by atoms with E-state index < -0.39 is 0 Å². The van der Waals surface area contributed by atoms with E-state index in [-0.39, 0.29) is 11.9 Å². The van der Waals surface area contributed by atoms with Gasteiger partial charge in [-0.3, -0.25) is 4.79 Å². The zero-order valence-electron chi connectivity index (χ0n) is 12.0. The number of likely N-dealkylation sites (tertiary alicyclic amines) is 1. The standard InChI is InChI=1S/C16H23BrN2O/c1-12(18)14-5-3-9-19(11-14)16(20)8-7-13-4-2-6-15(17)10-13/h2,4,6,10,12,14H,3,5,7-9,11,18H2,1H3. The lowest BCUT2D eigenvalue weighted by molar-refractivity contribution is -0.133. The largest absolute Gasteiger partial charge is 0.342 e. The lowest BCUT2D eigenvalue weighted by Gasteiger charge is -2.34. The average molecular weight is 339 g/mol. The molecule has 1 fully saturated rings. The number of halogens is 1. The Labute approximate surface area is 129 Å². The van der Waals surface area contributed by atoms with E-state index in [2.05, 4.69) is 28.1 Å². The minimum Gasteiger partial charge on any atom is -0.342 e. The molecule has 1 saturated heterocycles. The summed E-state index contributed by atoms with van der Waals surface area (Å²) in [5.41, 5.74) is 7.17. The molecule has 110 valence electrons. The molecule has 0 radical (unpaired) electrons. The van der Waals surface area contributed by atoms with E-state index in [0.717, 1.165) is 36.8 Å². The predicted octanol–water partition coefficient (Wildman–Crippen LogP) is 2.97. The average Bonchev–Trinajstić information content (AvgIpc) is 2.45. The van der Waals surface area contributed by atoms with Gasteiger partial charge in [0.05, 0.1) is 0 Å². The van der Waals surface area contributed by atoms with Crippen LogP contribution in [0.5, 0.6) is 0 Å². The van der Waals surface area contributed by atoms with Crippen molar-refractivity contribution in [3.63, 3.8) is 0 Å². The normalized spacial score (nSPS) is 20.8. The third kappa shape index (κ3) is 4.32. The summed E-state index contributed by atoms with van der Waals surface area (Å²) >= 11 is 3.46. The van der Waals surface area contributed by atoms with Gasteiger partial charge in [0.1, 0.15) is 0 Å². The van der Waals surface area contributed by atoms with Gasteiger partial charge in [-0.2, -0.15) is 0 Å². The maximum absolute atomic E-state index is 12.3. The van der Waals surface area contributed by atoms with Crippen LogP contribution in [0.1, 0.15) is 31.7 Å². The van der Waals surface area contributed by atoms with Gasteiger partial charge < -0.3 is 10.6 Å². The Morgan fingerprint density at radius 3 is 3.05 bits per heavy atom. The summed E-state index contributed by atoms with van der Waals surface area (Å²) < 4.78 is 1.07. The van der Waals surface area contributed by atoms with Crippen LogP contribution in [0, 0.1) is 5.92 Å². The molecule has 2 atom stereocenters. The number of aryl methyl sites for hydroxylation is 1. The topological polar surface area (TPSA) is 46.3 Å². The van der Waals surface area contributed by atoms with E-state index in [4.69, 9.17) is 5.73 Å². The van der Waals surface area contributed by atoms with Crippen molar-refractivity contribution in [2.75, 3.05) is 13.1 Å². The molecule has 1 aromatic carbocycles. The Morgan fingerprint density at radius 2 is 2.35 bits per heavy atom. The zero-order chi connectivity index (χ0) is 14.5. The van der Waals surface area contributed by atoms with E-state index in [1.807, 2.05) is 24.0 Å². The maximum Gasteiger partial charge on any atom is 0.222 e. The molecule has 0 saturated carbocycles. The molecule has 0 spiro atoms. The van der Waals surface area contributed by atoms with Crippen molar-refractivity contribution < 1.29 is 4.79 Å². The molecule has 1 aliphatic rings. The quantitative estimate of drug-likeness (QED) is 0.917. The van der Waals surface area contributed by atoms with Crippen LogP contribution >= 0.6 is 15.9 Å². The summed E-state index contributed by atoms with van der Waals surface area (Å²) in [5.74, 6) is 0.717. The SMILES string of the molecule is CC(N)C1CCCN(C(=O)CCc2cccc(Br)c2)C1. The zero-order valence-corrected chi connectivity index (χ0v) is 13.6. The minimum atomic E-state index is 0.177. The van der Waals surface area contributed by atoms with Crippen molar-refractivity contribution >= 4 is 21.8 Å². The minimum absolute atomic E-state index is 0.177. The van der Waals surface area contributed by atoms with Crippen LogP contribution in [-0.4, -0.2) is 29.9 Å². The number of carbonyl (C=O) groups excluding carboxylic acids is 1. The predicted molar refractivity (Wildman–Crippen MR) is 85.4 cm³/mol. The molecule has 0 aliphatic carbocycles. The summed E-state index contributed by atoms with van der Waals surface area (Å²) in [6.07, 6.45) is 3.61. The van der Waals surface area contributed by atoms with Crippen LogP contribution in [0.4, 0.5) is 0 Å². The molecule has 0 bridgehead atoms. The van der Waals surface area contributed by atoms with E-state index in [1.165, 1.54) is 5.56 Å². The van der Waals surface area contributed by atoms with Gasteiger partial charge in [-0.1, -0.05) is 28.1 Å². The van der Waals surface area contributed by atoms with Gasteiger partial charge in [-0.25, -0.2) is 0 Å². The Hall–Kier alpha value is -0.870. The number of hydrogen-bond acceptors (Lipinski definition) is 2. The first-order valence-corrected chi connectivity index (χ1v) is 8.13. The molecule has 2 rings (SSSR count). The van der Waals surface area contributed by atoms with Crippen molar-refractivity contribution in [3.05, 3.63) is 34.3 Å². The molecule has 2 N–H and O–H groups in total. The first kappa shape index (κ1) is 15.5. The molecule has 3 nitrogen and oxygen atoms in total. The highest BCUT2D eigenvalue weighted by atomic mass is 79.9. The van der Waals surface area contributed by atoms with Gasteiger partial charge in [-0.05, 0) is 49.8 Å². The van der Waals surface area contributed by atoms with E-state index in [1.54, 1.807) is 0 Å². The summed E-state index contributed by atoms with van der Waals surface area (Å²) in [5, 5.41) is 0. The van der Waals surface area contributed by atoms with E-state index in [9.17, 15) is 4.79 Å². The highest BCUT2D eigenvalue weighted by Gasteiger charge is 2.25. The van der Waals surface area contributed by atoms with Gasteiger partial charge in [0, 0.05) is 30.0 Å². The number of benzene rings is 1. The van der Waals surface area contributed by atoms with Crippen LogP contribution in [0.15, 0.2) is 28.7 Å². The lowest BCUT2D eigenvalue weighted by atomic mass is 9.92. The van der Waals surface area contributed by atoms with Crippen LogP contribution in [-0.2, 0) is 11.2 Å². The van der Waals surface area contributed by atoms with Crippen LogP contribution in [0.2, 0.25) is 0 Å². The number of nitrogens with zero attached hydrogens (tertiary/aromatic N) is 1. The number of nitrogens with two attached hydrogens (primary N) is 1. The van der Waals surface area contributed by atoms with Gasteiger partial charge in [0.2, 0.25) is 5.91 Å². The molecule has 20 heavy (non-hydrogen) atoms. The van der Waals surface area contributed by atoms with Crippen molar-refractivity contribution in [2.24, 2.45) is 11.7 Å². The van der Waals surface area contributed by atoms with Crippen molar-refractivity contribution in [1.29, 1.82) is 0 Å². The number of carbonyl (C=O) groups is 1. The molecular formula is C16H23BrN2O. The van der Waals surface area contributed by atoms with Crippen LogP contribution < -0.4 is 5.73 Å². The third-order valence-corrected chi connectivity index (χ3v) is 4.56. The summed E-state index contributed by atoms with van der Waals surface area (Å²) in [6.45, 7) is 3.76. The fourth-order valence-corrected chi connectivity index (χ4v) is 3.21. The Bertz CT molecular complexity index is 462. The van der Waals surface area contributed by atoms with Gasteiger partial charge in [0.25, 0.3) is 0 Å². The van der Waals surface area contributed by atoms with Crippen LogP contribution in [0.3, 0.4) is 0 Å². The smallest absolute Gasteiger partial charge is 0.222 e. The number of rotatable bonds is 4. The Morgan fingerprint density at radius 1 is 1.55 bits per heavy atom. The Balaban J connectivity index is 1.85. The fourth-order valence-electron chi connectivity index (χ4n) is 2.77. The highest BCUT2D eigenvalue weighted by molar-refractivity contribution is 9.10. The van der Waals surface area contributed by atoms with E-state index in [0.29, 0.717) is 12.3 Å². The second-order valence-corrected chi connectivity index (χ2v) is 6.65. The highest BCUT2D eigenvalue weighted by Crippen LogP contribution is 2.20. The molecule has 1 heterocycles. The monoisotopic (exact) mass is 338 g/mol. The molecule has 0 aromatic heterocycles. The fraction of sp³-hybridized carbons (Fsp3) is 0.562. The molecular weight excluding hydrogens is 316 g/mol. The number of piperidine rings is 1. The number of hydrogen-bond donors (Lipinski definition) is 1. The molecule has 2 unspecified atom stereocenters. The molecule has 1 aromatic rings. The second kappa shape index (κ2) is 7.23. The van der Waals surface area contributed by atoms with Gasteiger partial charge in [-0.15, -0.1) is 0 Å². The number of amides is 1. The third-order valence-electron chi connectivity index (χ3n) is 4.07. The van der Waals surface area contributed by atoms with Crippen LogP contribution in [0.25, 0.3) is 0 Å². The van der Waals surface area contributed by atoms with Crippen molar-refractivity contribution in [1.82, 2.24) is 4.90 Å². The lowest BCUT2D eigenvalue weighted by Crippen LogP contribution is -2.45. The molecule has 4 heteroatoms. The second-order valence-electron chi connectivity index (χ2n) is 5.73. The first-order chi connectivity index (χ1) is 9.56. The summed E-state index contributed by atoms with van der Waals surface area (Å²) in [4.78, 5) is 14.3. The molecule has 1 aliphatic heterocycles. The van der Waals surface area contributed by atoms with E-state index >= 15 is 0 Å².